The minimum absolute atomic E-state index is 0.00415. The molecule has 3 saturated heterocycles. The van der Waals surface area contributed by atoms with Crippen molar-refractivity contribution in [3.05, 3.63) is 0 Å². The molecule has 52 heavy (non-hydrogen) atoms. The van der Waals surface area contributed by atoms with Crippen LogP contribution in [0, 0.1) is 23.7 Å². The molecule has 0 aromatic rings. The number of carbonyl (C=O) groups is 7. The highest BCUT2D eigenvalue weighted by Gasteiger charge is 2.41. The molecule has 3 fully saturated rings. The molecule has 0 aromatic carbocycles. The minimum Gasteiger partial charge on any atom is -0.343 e. The molecule has 3 heterocycles. The van der Waals surface area contributed by atoms with Crippen LogP contribution in [0.3, 0.4) is 0 Å². The van der Waals surface area contributed by atoms with E-state index in [0.717, 1.165) is 12.8 Å². The quantitative estimate of drug-likeness (QED) is 0.215. The molecule has 6 atom stereocenters. The average molecular weight is 732 g/mol. The molecular formula is C38H65N7O7. The summed E-state index contributed by atoms with van der Waals surface area (Å²) in [7, 11) is 0. The number of likely N-dealkylation sites (tertiary alicyclic amines) is 1. The second kappa shape index (κ2) is 19.9. The van der Waals surface area contributed by atoms with Crippen molar-refractivity contribution in [2.24, 2.45) is 23.7 Å². The number of nitrogens with zero attached hydrogens (tertiary/aromatic N) is 2. The molecule has 3 aliphatic heterocycles. The Bertz CT molecular complexity index is 1280. The largest absolute Gasteiger partial charge is 0.343 e. The Kier molecular flexibility index (Phi) is 16.4. The molecule has 294 valence electrons. The van der Waals surface area contributed by atoms with Crippen LogP contribution in [0.4, 0.5) is 0 Å². The van der Waals surface area contributed by atoms with Crippen LogP contribution in [-0.2, 0) is 33.6 Å². The molecule has 1 unspecified atom stereocenters. The zero-order chi connectivity index (χ0) is 38.7. The third kappa shape index (κ3) is 12.8. The molecule has 0 aromatic heterocycles. The van der Waals surface area contributed by atoms with Crippen molar-refractivity contribution in [2.75, 3.05) is 19.6 Å². The fourth-order valence-electron chi connectivity index (χ4n) is 7.32. The van der Waals surface area contributed by atoms with Crippen LogP contribution in [0.2, 0.25) is 0 Å². The van der Waals surface area contributed by atoms with Gasteiger partial charge in [-0.1, -0.05) is 55.4 Å². The molecule has 7 amide bonds. The Balaban J connectivity index is 2.06. The molecule has 3 aliphatic rings. The van der Waals surface area contributed by atoms with E-state index in [1.165, 1.54) is 4.90 Å². The van der Waals surface area contributed by atoms with E-state index in [9.17, 15) is 33.6 Å². The highest BCUT2D eigenvalue weighted by molar-refractivity contribution is 5.98. The molecule has 0 aliphatic carbocycles. The Morgan fingerprint density at radius 3 is 1.38 bits per heavy atom. The smallest absolute Gasteiger partial charge is 0.245 e. The lowest BCUT2D eigenvalue weighted by atomic mass is 9.98. The van der Waals surface area contributed by atoms with E-state index in [4.69, 9.17) is 0 Å². The predicted octanol–water partition coefficient (Wildman–Crippen LogP) is 2.00. The summed E-state index contributed by atoms with van der Waals surface area (Å²) in [6, 6.07) is -6.03. The van der Waals surface area contributed by atoms with E-state index < -0.39 is 65.8 Å². The SMILES string of the molecule is CC(C)C[C@@H]1NC(=O)[C@@H](CC(C)C)NC(=O)[C@@H](CC(C)C)NC(=O)C(CCC(=O)N2CCCC2)NC(=O)[C@@H](CC(C)C)NC(=O)[C@H]2CCCN2C1=O. The number of amides is 7. The second-order valence-corrected chi connectivity index (χ2v) is 16.6. The standard InChI is InChI=1S/C38H65N7O7/c1-22(2)18-27-35(49)41-28(19-23(3)4)36(50)43-30(21-25(7)8)38(52)45-17-11-12-31(45)37(51)42-29(20-24(5)6)34(48)39-26(33(47)40-27)13-14-32(46)44-15-9-10-16-44/h22-31H,9-21H2,1-8H3,(H,39,48)(H,40,47)(H,41,49)(H,42,51)(H,43,50)/t26?,27-,28-,29-,30+,31-/m1/s1. The lowest BCUT2D eigenvalue weighted by Crippen LogP contribution is -2.61. The van der Waals surface area contributed by atoms with Gasteiger partial charge in [-0.25, -0.2) is 0 Å². The third-order valence-corrected chi connectivity index (χ3v) is 9.92. The average Bonchev–Trinajstić information content (AvgIpc) is 3.77. The summed E-state index contributed by atoms with van der Waals surface area (Å²) in [4.78, 5) is 100. The van der Waals surface area contributed by atoms with Crippen LogP contribution in [-0.4, -0.2) is 107 Å². The number of nitrogens with one attached hydrogen (secondary N) is 5. The van der Waals surface area contributed by atoms with Gasteiger partial charge in [0, 0.05) is 26.1 Å². The summed E-state index contributed by atoms with van der Waals surface area (Å²) in [5, 5.41) is 14.3. The molecule has 0 spiro atoms. The summed E-state index contributed by atoms with van der Waals surface area (Å²) in [5.74, 6) is -3.26. The summed E-state index contributed by atoms with van der Waals surface area (Å²) in [6.45, 7) is 17.0. The topological polar surface area (TPSA) is 186 Å². The maximum atomic E-state index is 14.1. The summed E-state index contributed by atoms with van der Waals surface area (Å²) < 4.78 is 0. The summed E-state index contributed by atoms with van der Waals surface area (Å²) in [6.07, 6.45) is 3.90. The highest BCUT2D eigenvalue weighted by Crippen LogP contribution is 2.22. The first-order valence-electron chi connectivity index (χ1n) is 19.6. The van der Waals surface area contributed by atoms with E-state index >= 15 is 0 Å². The lowest BCUT2D eigenvalue weighted by Gasteiger charge is -2.32. The number of carbonyl (C=O) groups excluding carboxylic acids is 7. The normalized spacial score (nSPS) is 27.3. The van der Waals surface area contributed by atoms with Gasteiger partial charge < -0.3 is 36.4 Å². The van der Waals surface area contributed by atoms with Gasteiger partial charge in [-0.3, -0.25) is 33.6 Å². The van der Waals surface area contributed by atoms with Gasteiger partial charge in [0.05, 0.1) is 0 Å². The molecule has 0 saturated carbocycles. The fraction of sp³-hybridized carbons (Fsp3) is 0.816. The highest BCUT2D eigenvalue weighted by atomic mass is 16.2. The Morgan fingerprint density at radius 1 is 0.538 bits per heavy atom. The second-order valence-electron chi connectivity index (χ2n) is 16.6. The summed E-state index contributed by atoms with van der Waals surface area (Å²) >= 11 is 0. The maximum absolute atomic E-state index is 14.1. The molecule has 14 nitrogen and oxygen atoms in total. The first kappa shape index (κ1) is 42.7. The van der Waals surface area contributed by atoms with Gasteiger partial charge in [0.2, 0.25) is 41.4 Å². The third-order valence-electron chi connectivity index (χ3n) is 9.92. The number of hydrogen-bond acceptors (Lipinski definition) is 7. The zero-order valence-electron chi connectivity index (χ0n) is 32.7. The van der Waals surface area contributed by atoms with Crippen LogP contribution in [0.1, 0.15) is 120 Å². The van der Waals surface area contributed by atoms with Gasteiger partial charge in [0.25, 0.3) is 0 Å². The van der Waals surface area contributed by atoms with Crippen molar-refractivity contribution >= 4 is 41.4 Å². The van der Waals surface area contributed by atoms with E-state index in [2.05, 4.69) is 26.6 Å². The van der Waals surface area contributed by atoms with Gasteiger partial charge in [-0.2, -0.15) is 0 Å². The van der Waals surface area contributed by atoms with E-state index in [1.54, 1.807) is 4.90 Å². The Morgan fingerprint density at radius 2 is 0.923 bits per heavy atom. The van der Waals surface area contributed by atoms with E-state index in [1.807, 2.05) is 55.4 Å². The van der Waals surface area contributed by atoms with Gasteiger partial charge >= 0.3 is 0 Å². The predicted molar refractivity (Wildman–Crippen MR) is 197 cm³/mol. The maximum Gasteiger partial charge on any atom is 0.245 e. The number of hydrogen-bond donors (Lipinski definition) is 5. The molecule has 3 rings (SSSR count). The molecule has 0 bridgehead atoms. The fourth-order valence-corrected chi connectivity index (χ4v) is 7.32. The Labute approximate surface area is 310 Å². The van der Waals surface area contributed by atoms with Gasteiger partial charge in [0.1, 0.15) is 36.3 Å². The van der Waals surface area contributed by atoms with Gasteiger partial charge in [-0.15, -0.1) is 0 Å². The molecule has 0 radical (unpaired) electrons. The van der Waals surface area contributed by atoms with E-state index in [0.29, 0.717) is 38.9 Å². The van der Waals surface area contributed by atoms with Crippen molar-refractivity contribution in [2.45, 2.75) is 156 Å². The van der Waals surface area contributed by atoms with Crippen LogP contribution in [0.25, 0.3) is 0 Å². The van der Waals surface area contributed by atoms with Gasteiger partial charge in [0.15, 0.2) is 0 Å². The van der Waals surface area contributed by atoms with Crippen molar-refractivity contribution < 1.29 is 33.6 Å². The van der Waals surface area contributed by atoms with Crippen molar-refractivity contribution in [1.82, 2.24) is 36.4 Å². The monoisotopic (exact) mass is 731 g/mol. The van der Waals surface area contributed by atoms with Crippen LogP contribution in [0.5, 0.6) is 0 Å². The number of fused-ring (bicyclic) bond motifs is 1. The van der Waals surface area contributed by atoms with Crippen molar-refractivity contribution in [3.63, 3.8) is 0 Å². The van der Waals surface area contributed by atoms with Crippen molar-refractivity contribution in [3.8, 4) is 0 Å². The first-order valence-corrected chi connectivity index (χ1v) is 19.6. The van der Waals surface area contributed by atoms with Crippen molar-refractivity contribution in [1.29, 1.82) is 0 Å². The van der Waals surface area contributed by atoms with Gasteiger partial charge in [-0.05, 0) is 81.5 Å². The molecule has 5 N–H and O–H groups in total. The van der Waals surface area contributed by atoms with Crippen LogP contribution in [0.15, 0.2) is 0 Å². The van der Waals surface area contributed by atoms with E-state index in [-0.39, 0.29) is 67.6 Å². The lowest BCUT2D eigenvalue weighted by molar-refractivity contribution is -0.143. The number of rotatable bonds is 11. The first-order chi connectivity index (χ1) is 24.5. The molecular weight excluding hydrogens is 666 g/mol. The summed E-state index contributed by atoms with van der Waals surface area (Å²) in [5.41, 5.74) is 0. The Hall–Kier alpha value is -3.71. The molecule has 14 heteroatoms. The van der Waals surface area contributed by atoms with Crippen LogP contribution >= 0.6 is 0 Å². The van der Waals surface area contributed by atoms with Crippen LogP contribution < -0.4 is 26.6 Å². The minimum atomic E-state index is -1.18. The zero-order valence-corrected chi connectivity index (χ0v) is 32.7.